The number of nitrogens with two attached hydrogens (primary N) is 1. The summed E-state index contributed by atoms with van der Waals surface area (Å²) in [5.41, 5.74) is 7.84. The normalized spacial score (nSPS) is 10.9. The van der Waals surface area contributed by atoms with Crippen LogP contribution in [-0.2, 0) is 4.74 Å². The van der Waals surface area contributed by atoms with Crippen molar-refractivity contribution in [1.29, 1.82) is 0 Å². The molecule has 0 amide bonds. The average Bonchev–Trinajstić information content (AvgIpc) is 2.36. The number of ether oxygens (including phenoxy) is 1. The largest absolute Gasteiger partial charge is 0.464 e. The smallest absolute Gasteiger partial charge is 0.356 e. The summed E-state index contributed by atoms with van der Waals surface area (Å²) in [6.45, 7) is 4.04. The van der Waals surface area contributed by atoms with E-state index in [2.05, 4.69) is 4.98 Å². The molecule has 1 aromatic carbocycles. The predicted molar refractivity (Wildman–Crippen MR) is 71.6 cm³/mol. The van der Waals surface area contributed by atoms with E-state index in [-0.39, 0.29) is 5.92 Å². The Labute approximate surface area is 106 Å². The number of anilines is 1. The summed E-state index contributed by atoms with van der Waals surface area (Å²) < 4.78 is 4.77. The molecule has 0 aliphatic rings. The fourth-order valence-corrected chi connectivity index (χ4v) is 2.13. The van der Waals surface area contributed by atoms with Crippen LogP contribution in [0.1, 0.15) is 35.8 Å². The van der Waals surface area contributed by atoms with Gasteiger partial charge in [0, 0.05) is 17.3 Å². The zero-order valence-corrected chi connectivity index (χ0v) is 10.7. The molecule has 0 saturated heterocycles. The first kappa shape index (κ1) is 12.4. The van der Waals surface area contributed by atoms with Gasteiger partial charge in [-0.15, -0.1) is 0 Å². The average molecular weight is 244 g/mol. The molecule has 4 heteroatoms. The molecule has 0 bridgehead atoms. The van der Waals surface area contributed by atoms with Gasteiger partial charge in [0.25, 0.3) is 0 Å². The summed E-state index contributed by atoms with van der Waals surface area (Å²) in [6.07, 6.45) is 1.63. The molecule has 0 radical (unpaired) electrons. The molecule has 18 heavy (non-hydrogen) atoms. The summed E-state index contributed by atoms with van der Waals surface area (Å²) in [7, 11) is 1.36. The number of rotatable bonds is 2. The fourth-order valence-electron chi connectivity index (χ4n) is 2.13. The number of aromatic nitrogens is 1. The molecular weight excluding hydrogens is 228 g/mol. The van der Waals surface area contributed by atoms with E-state index in [1.54, 1.807) is 6.20 Å². The van der Waals surface area contributed by atoms with Crippen LogP contribution in [0.25, 0.3) is 10.8 Å². The van der Waals surface area contributed by atoms with Gasteiger partial charge in [0.2, 0.25) is 0 Å². The van der Waals surface area contributed by atoms with E-state index in [1.807, 2.05) is 32.0 Å². The lowest BCUT2D eigenvalue weighted by molar-refractivity contribution is 0.0592. The molecule has 2 aromatic rings. The van der Waals surface area contributed by atoms with Crippen LogP contribution in [0.2, 0.25) is 0 Å². The molecule has 2 rings (SSSR count). The van der Waals surface area contributed by atoms with Crippen LogP contribution in [0, 0.1) is 0 Å². The van der Waals surface area contributed by atoms with Gasteiger partial charge in [0.15, 0.2) is 5.69 Å². The number of hydrogen-bond acceptors (Lipinski definition) is 4. The van der Waals surface area contributed by atoms with Crippen LogP contribution < -0.4 is 5.73 Å². The highest BCUT2D eigenvalue weighted by Crippen LogP contribution is 2.30. The van der Waals surface area contributed by atoms with E-state index in [1.165, 1.54) is 7.11 Å². The molecule has 1 aromatic heterocycles. The molecule has 0 unspecified atom stereocenters. The third kappa shape index (κ3) is 1.90. The highest BCUT2D eigenvalue weighted by Gasteiger charge is 2.19. The molecule has 4 nitrogen and oxygen atoms in total. The Morgan fingerprint density at radius 2 is 2.06 bits per heavy atom. The van der Waals surface area contributed by atoms with Crippen molar-refractivity contribution in [3.05, 3.63) is 35.7 Å². The molecule has 0 atom stereocenters. The SMILES string of the molecule is COC(=O)c1ncc2c(N)cccc2c1C(C)C. The van der Waals surface area contributed by atoms with E-state index in [4.69, 9.17) is 10.5 Å². The van der Waals surface area contributed by atoms with Gasteiger partial charge in [-0.3, -0.25) is 0 Å². The predicted octanol–water partition coefficient (Wildman–Crippen LogP) is 2.73. The number of carbonyl (C=O) groups excluding carboxylic acids is 1. The second kappa shape index (κ2) is 4.64. The highest BCUT2D eigenvalue weighted by atomic mass is 16.5. The van der Waals surface area contributed by atoms with Gasteiger partial charge >= 0.3 is 5.97 Å². The van der Waals surface area contributed by atoms with Gasteiger partial charge in [-0.05, 0) is 22.9 Å². The summed E-state index contributed by atoms with van der Waals surface area (Å²) in [6, 6.07) is 5.66. The summed E-state index contributed by atoms with van der Waals surface area (Å²) >= 11 is 0. The number of nitrogens with zero attached hydrogens (tertiary/aromatic N) is 1. The quantitative estimate of drug-likeness (QED) is 0.651. The second-order valence-electron chi connectivity index (χ2n) is 4.48. The standard InChI is InChI=1S/C14H16N2O2/c1-8(2)12-9-5-4-6-11(15)10(9)7-16-13(12)14(17)18-3/h4-8H,15H2,1-3H3. The first-order valence-corrected chi connectivity index (χ1v) is 5.81. The second-order valence-corrected chi connectivity index (χ2v) is 4.48. The van der Waals surface area contributed by atoms with E-state index in [0.717, 1.165) is 16.3 Å². The number of carbonyl (C=O) groups is 1. The van der Waals surface area contributed by atoms with Crippen molar-refractivity contribution < 1.29 is 9.53 Å². The maximum atomic E-state index is 11.8. The van der Waals surface area contributed by atoms with Gasteiger partial charge in [-0.25, -0.2) is 9.78 Å². The number of benzene rings is 1. The van der Waals surface area contributed by atoms with Crippen molar-refractivity contribution in [2.45, 2.75) is 19.8 Å². The molecule has 2 N–H and O–H groups in total. The van der Waals surface area contributed by atoms with E-state index in [0.29, 0.717) is 11.4 Å². The molecule has 0 aliphatic carbocycles. The molecule has 0 aliphatic heterocycles. The Morgan fingerprint density at radius 3 is 2.67 bits per heavy atom. The van der Waals surface area contributed by atoms with E-state index < -0.39 is 5.97 Å². The Bertz CT molecular complexity index is 606. The molecule has 0 spiro atoms. The minimum Gasteiger partial charge on any atom is -0.464 e. The van der Waals surface area contributed by atoms with Crippen LogP contribution in [-0.4, -0.2) is 18.1 Å². The van der Waals surface area contributed by atoms with Crippen LogP contribution in [0.3, 0.4) is 0 Å². The third-order valence-electron chi connectivity index (χ3n) is 2.96. The van der Waals surface area contributed by atoms with Crippen molar-refractivity contribution in [3.8, 4) is 0 Å². The monoisotopic (exact) mass is 244 g/mol. The first-order chi connectivity index (χ1) is 8.56. The van der Waals surface area contributed by atoms with Crippen LogP contribution in [0.15, 0.2) is 24.4 Å². The summed E-state index contributed by atoms with van der Waals surface area (Å²) in [5.74, 6) is -0.250. The lowest BCUT2D eigenvalue weighted by atomic mass is 9.94. The van der Waals surface area contributed by atoms with Crippen molar-refractivity contribution in [1.82, 2.24) is 4.98 Å². The maximum absolute atomic E-state index is 11.8. The van der Waals surface area contributed by atoms with Gasteiger partial charge in [-0.1, -0.05) is 26.0 Å². The third-order valence-corrected chi connectivity index (χ3v) is 2.96. The molecule has 0 fully saturated rings. The number of esters is 1. The molecular formula is C14H16N2O2. The minimum absolute atomic E-state index is 0.164. The van der Waals surface area contributed by atoms with Crippen molar-refractivity contribution >= 4 is 22.4 Å². The van der Waals surface area contributed by atoms with Crippen LogP contribution in [0.5, 0.6) is 0 Å². The molecule has 94 valence electrons. The summed E-state index contributed by atoms with van der Waals surface area (Å²) in [5, 5.41) is 1.83. The van der Waals surface area contributed by atoms with Crippen LogP contribution >= 0.6 is 0 Å². The van der Waals surface area contributed by atoms with Gasteiger partial charge in [0.1, 0.15) is 0 Å². The zero-order chi connectivity index (χ0) is 13.3. The van der Waals surface area contributed by atoms with Gasteiger partial charge in [0.05, 0.1) is 7.11 Å². The number of hydrogen-bond donors (Lipinski definition) is 1. The molecule has 1 heterocycles. The number of pyridine rings is 1. The van der Waals surface area contributed by atoms with E-state index in [9.17, 15) is 4.79 Å². The lowest BCUT2D eigenvalue weighted by Gasteiger charge is -2.14. The van der Waals surface area contributed by atoms with Gasteiger partial charge in [-0.2, -0.15) is 0 Å². The Balaban J connectivity index is 2.83. The topological polar surface area (TPSA) is 65.2 Å². The van der Waals surface area contributed by atoms with Crippen LogP contribution in [0.4, 0.5) is 5.69 Å². The van der Waals surface area contributed by atoms with Gasteiger partial charge < -0.3 is 10.5 Å². The van der Waals surface area contributed by atoms with Crippen molar-refractivity contribution in [3.63, 3.8) is 0 Å². The number of methoxy groups -OCH3 is 1. The number of nitrogen functional groups attached to an aromatic ring is 1. The Morgan fingerprint density at radius 1 is 1.33 bits per heavy atom. The van der Waals surface area contributed by atoms with Crippen molar-refractivity contribution in [2.24, 2.45) is 0 Å². The Hall–Kier alpha value is -2.10. The minimum atomic E-state index is -0.414. The fraction of sp³-hybridized carbons (Fsp3) is 0.286. The highest BCUT2D eigenvalue weighted by molar-refractivity contribution is 6.00. The maximum Gasteiger partial charge on any atom is 0.356 e. The van der Waals surface area contributed by atoms with E-state index >= 15 is 0 Å². The first-order valence-electron chi connectivity index (χ1n) is 5.81. The number of fused-ring (bicyclic) bond motifs is 1. The zero-order valence-electron chi connectivity index (χ0n) is 10.7. The lowest BCUT2D eigenvalue weighted by Crippen LogP contribution is -2.10. The summed E-state index contributed by atoms with van der Waals surface area (Å²) in [4.78, 5) is 16.0. The molecule has 0 saturated carbocycles. The Kier molecular flexibility index (Phi) is 3.19. The van der Waals surface area contributed by atoms with Crippen molar-refractivity contribution in [2.75, 3.05) is 12.8 Å².